The van der Waals surface area contributed by atoms with E-state index in [1.165, 1.54) is 6.07 Å². The van der Waals surface area contributed by atoms with Crippen LogP contribution in [0.15, 0.2) is 401 Å². The molecular weight excluding hydrogens is 1770 g/mol. The van der Waals surface area contributed by atoms with Gasteiger partial charge in [0, 0.05) is 153 Å². The Morgan fingerprint density at radius 1 is 0.237 bits per heavy atom. The van der Waals surface area contributed by atoms with Crippen molar-refractivity contribution in [2.24, 2.45) is 0 Å². The van der Waals surface area contributed by atoms with Crippen molar-refractivity contribution < 1.29 is 53.9 Å². The molecule has 10 aromatic heterocycles. The van der Waals surface area contributed by atoms with Crippen LogP contribution in [0.1, 0.15) is 68.5 Å². The lowest BCUT2D eigenvalue weighted by Gasteiger charge is -2.06. The number of aromatic nitrogens is 15. The first-order valence-corrected chi connectivity index (χ1v) is 42.8. The molecule has 10 aromatic carbocycles. The van der Waals surface area contributed by atoms with Crippen LogP contribution in [0, 0.1) is 26.6 Å². The summed E-state index contributed by atoms with van der Waals surface area (Å²) in [7, 11) is 0. The summed E-state index contributed by atoms with van der Waals surface area (Å²) >= 11 is 3.30. The lowest BCUT2D eigenvalue weighted by molar-refractivity contribution is 0.0681. The van der Waals surface area contributed by atoms with Gasteiger partial charge in [-0.15, -0.1) is 0 Å². The number of nitrogens with zero attached hydrogens (tertiary/aromatic N) is 15. The van der Waals surface area contributed by atoms with Gasteiger partial charge in [-0.25, -0.2) is 51.8 Å². The zero-order valence-electron chi connectivity index (χ0n) is 72.3. The van der Waals surface area contributed by atoms with Crippen molar-refractivity contribution in [3.8, 4) is 140 Å². The number of halogens is 2. The topological polar surface area (TPSA) is 340 Å². The van der Waals surface area contributed by atoms with Gasteiger partial charge >= 0.3 is 29.8 Å². The van der Waals surface area contributed by atoms with Crippen molar-refractivity contribution in [2.75, 3.05) is 0 Å². The standard InChI is InChI=1S/3C22H17N3O2.C21H14BrN3O2.C21H14FN3O2/c3*1-15-7-8-17(13-19(15)22(26)27)20-14-25(18-5-3-2-4-6-18)24-21(20)16-9-11-23-12-10-16;2*22-19-7-6-15(12-17(19)21(26)27)18-13-25(16-4-2-1-3-5-16)24-20(18)14-8-10-23-11-9-14/h3*2-14H,1H3,(H,26,27);2*1-13H,(H,26,27). The molecule has 0 aliphatic carbocycles. The van der Waals surface area contributed by atoms with Gasteiger partial charge in [0.1, 0.15) is 34.3 Å². The first kappa shape index (κ1) is 90.1. The van der Waals surface area contributed by atoms with Crippen molar-refractivity contribution in [3.05, 3.63) is 451 Å². The van der Waals surface area contributed by atoms with Gasteiger partial charge in [0.05, 0.1) is 56.3 Å². The number of rotatable bonds is 20. The van der Waals surface area contributed by atoms with Crippen LogP contribution in [-0.4, -0.2) is 129 Å². The molecule has 0 aliphatic rings. The Bertz CT molecular complexity index is 6580. The van der Waals surface area contributed by atoms with Gasteiger partial charge in [0.2, 0.25) is 0 Å². The maximum absolute atomic E-state index is 13.8. The van der Waals surface area contributed by atoms with E-state index in [0.717, 1.165) is 146 Å². The number of aromatic carboxylic acids is 5. The number of pyridine rings is 5. The van der Waals surface area contributed by atoms with E-state index in [1.807, 2.05) is 300 Å². The van der Waals surface area contributed by atoms with E-state index >= 15 is 0 Å². The van der Waals surface area contributed by atoms with Crippen molar-refractivity contribution in [1.29, 1.82) is 0 Å². The lowest BCUT2D eigenvalue weighted by atomic mass is 9.98. The number of hydrogen-bond donors (Lipinski definition) is 5. The Morgan fingerprint density at radius 3 is 0.644 bits per heavy atom. The minimum absolute atomic E-state index is 0.209. The maximum atomic E-state index is 13.8. The van der Waals surface area contributed by atoms with Gasteiger partial charge < -0.3 is 25.5 Å². The highest BCUT2D eigenvalue weighted by Gasteiger charge is 2.25. The number of hydrogen-bond acceptors (Lipinski definition) is 15. The molecule has 0 fully saturated rings. The first-order valence-electron chi connectivity index (χ1n) is 42.0. The molecule has 0 saturated carbocycles. The summed E-state index contributed by atoms with van der Waals surface area (Å²) in [4.78, 5) is 77.8. The molecule has 660 valence electrons. The molecule has 25 nitrogen and oxygen atoms in total. The number of carbonyl (C=O) groups is 5. The summed E-state index contributed by atoms with van der Waals surface area (Å²) in [5.41, 5.74) is 23.7. The molecule has 20 rings (SSSR count). The van der Waals surface area contributed by atoms with Crippen molar-refractivity contribution >= 4 is 45.8 Å². The van der Waals surface area contributed by atoms with E-state index in [4.69, 9.17) is 20.4 Å². The third kappa shape index (κ3) is 21.1. The lowest BCUT2D eigenvalue weighted by Crippen LogP contribution is -2.00. The zero-order chi connectivity index (χ0) is 94.0. The molecule has 0 atom stereocenters. The number of para-hydroxylation sites is 5. The minimum atomic E-state index is -1.31. The highest BCUT2D eigenvalue weighted by atomic mass is 79.9. The predicted octanol–water partition coefficient (Wildman–Crippen LogP) is 23.3. The summed E-state index contributed by atoms with van der Waals surface area (Å²) in [5, 5.41) is 70.8. The molecule has 27 heteroatoms. The normalized spacial score (nSPS) is 10.7. The van der Waals surface area contributed by atoms with Crippen LogP contribution in [-0.2, 0) is 0 Å². The quantitative estimate of drug-likeness (QED) is 0.0473. The Balaban J connectivity index is 0.000000123. The molecule has 20 aromatic rings. The molecule has 135 heavy (non-hydrogen) atoms. The van der Waals surface area contributed by atoms with E-state index in [-0.39, 0.29) is 11.1 Å². The number of aryl methyl sites for hydroxylation is 3. The van der Waals surface area contributed by atoms with E-state index in [0.29, 0.717) is 38.0 Å². The number of carboxylic acids is 5. The van der Waals surface area contributed by atoms with Crippen LogP contribution in [0.5, 0.6) is 0 Å². The molecule has 0 radical (unpaired) electrons. The van der Waals surface area contributed by atoms with Gasteiger partial charge in [-0.1, -0.05) is 140 Å². The Morgan fingerprint density at radius 2 is 0.430 bits per heavy atom. The minimum Gasteiger partial charge on any atom is -0.478 e. The summed E-state index contributed by atoms with van der Waals surface area (Å²) < 4.78 is 23.3. The monoisotopic (exact) mass is 1840 g/mol. The summed E-state index contributed by atoms with van der Waals surface area (Å²) in [6.45, 7) is 5.39. The fourth-order valence-corrected chi connectivity index (χ4v) is 15.3. The highest BCUT2D eigenvalue weighted by Crippen LogP contribution is 2.40. The van der Waals surface area contributed by atoms with Gasteiger partial charge in [-0.3, -0.25) is 24.9 Å². The average molecular weight is 1850 g/mol. The summed E-state index contributed by atoms with van der Waals surface area (Å²) in [6, 6.07) is 93.3. The van der Waals surface area contributed by atoms with Crippen LogP contribution >= 0.6 is 15.9 Å². The second-order valence-electron chi connectivity index (χ2n) is 30.5. The molecule has 10 heterocycles. The van der Waals surface area contributed by atoms with Gasteiger partial charge in [0.15, 0.2) is 0 Å². The fraction of sp³-hybridized carbons (Fsp3) is 0.0278. The van der Waals surface area contributed by atoms with E-state index < -0.39 is 35.7 Å². The van der Waals surface area contributed by atoms with Crippen molar-refractivity contribution in [3.63, 3.8) is 0 Å². The van der Waals surface area contributed by atoms with Crippen molar-refractivity contribution in [1.82, 2.24) is 73.8 Å². The molecule has 0 aliphatic heterocycles. The van der Waals surface area contributed by atoms with Gasteiger partial charge in [-0.05, 0) is 245 Å². The van der Waals surface area contributed by atoms with Crippen LogP contribution in [0.2, 0.25) is 0 Å². The first-order chi connectivity index (χ1) is 65.7. The van der Waals surface area contributed by atoms with Crippen LogP contribution in [0.3, 0.4) is 0 Å². The highest BCUT2D eigenvalue weighted by molar-refractivity contribution is 9.10. The van der Waals surface area contributed by atoms with E-state index in [9.17, 15) is 53.9 Å². The Hall–Kier alpha value is -18.2. The Labute approximate surface area is 780 Å². The van der Waals surface area contributed by atoms with E-state index in [2.05, 4.69) is 45.9 Å². The van der Waals surface area contributed by atoms with Crippen LogP contribution in [0.25, 0.3) is 140 Å². The van der Waals surface area contributed by atoms with Crippen LogP contribution < -0.4 is 0 Å². The second kappa shape index (κ2) is 41.5. The molecule has 5 N–H and O–H groups in total. The van der Waals surface area contributed by atoms with Crippen molar-refractivity contribution in [2.45, 2.75) is 20.8 Å². The fourth-order valence-electron chi connectivity index (χ4n) is 14.9. The molecule has 0 bridgehead atoms. The largest absolute Gasteiger partial charge is 0.478 e. The molecular formula is C108H79BrFN15O10. The van der Waals surface area contributed by atoms with E-state index in [1.54, 1.807) is 129 Å². The predicted molar refractivity (Wildman–Crippen MR) is 518 cm³/mol. The summed E-state index contributed by atoms with van der Waals surface area (Å²) in [5.74, 6) is -5.87. The molecule has 0 saturated heterocycles. The second-order valence-corrected chi connectivity index (χ2v) is 31.4. The number of benzene rings is 10. The maximum Gasteiger partial charge on any atom is 0.338 e. The molecule has 0 amide bonds. The third-order valence-corrected chi connectivity index (χ3v) is 22.5. The Kier molecular flexibility index (Phi) is 27.7. The summed E-state index contributed by atoms with van der Waals surface area (Å²) in [6.07, 6.45) is 26.6. The third-order valence-electron chi connectivity index (χ3n) is 21.8. The SMILES string of the molecule is Cc1ccc(-c2cn(-c3ccccc3)nc2-c2ccncc2)cc1C(=O)O.Cc1ccc(-c2cn(-c3ccccc3)nc2-c2ccncc2)cc1C(=O)O.Cc1ccc(-c2cn(-c3ccccc3)nc2-c2ccncc2)cc1C(=O)O.O=C(O)c1cc(-c2cn(-c3ccccc3)nc2-c2ccncc2)ccc1Br.O=C(O)c1cc(-c2cn(-c3ccccc3)nc2-c2ccncc2)ccc1F. The van der Waals surface area contributed by atoms with Gasteiger partial charge in [-0.2, -0.15) is 25.5 Å². The van der Waals surface area contributed by atoms with Gasteiger partial charge in [0.25, 0.3) is 0 Å². The number of carboxylic acid groups (broad SMARTS) is 5. The molecule has 0 spiro atoms. The average Bonchev–Trinajstić information content (AvgIpc) is 1.66. The zero-order valence-corrected chi connectivity index (χ0v) is 73.9. The smallest absolute Gasteiger partial charge is 0.338 e. The van der Waals surface area contributed by atoms with Crippen LogP contribution in [0.4, 0.5) is 4.39 Å². The molecule has 0 unspecified atom stereocenters.